The lowest BCUT2D eigenvalue weighted by molar-refractivity contribution is -0.118. The normalized spacial score (nSPS) is 16.3. The molecule has 0 saturated heterocycles. The van der Waals surface area contributed by atoms with Crippen LogP contribution in [0.4, 0.5) is 0 Å². The Kier molecular flexibility index (Phi) is 6.22. The molecule has 1 atom stereocenters. The highest BCUT2D eigenvalue weighted by atomic mass is 16.1. The monoisotopic (exact) mass is 344 g/mol. The highest BCUT2D eigenvalue weighted by Gasteiger charge is 2.22. The van der Waals surface area contributed by atoms with Gasteiger partial charge in [-0.3, -0.25) is 4.79 Å². The fourth-order valence-electron chi connectivity index (χ4n) is 3.87. The van der Waals surface area contributed by atoms with E-state index in [0.717, 1.165) is 24.8 Å². The molecule has 0 heterocycles. The van der Waals surface area contributed by atoms with Gasteiger partial charge in [-0.1, -0.05) is 84.8 Å². The van der Waals surface area contributed by atoms with E-state index in [0.29, 0.717) is 24.5 Å². The zero-order valence-electron chi connectivity index (χ0n) is 15.9. The number of benzene rings is 2. The van der Waals surface area contributed by atoms with Gasteiger partial charge in [-0.15, -0.1) is 0 Å². The van der Waals surface area contributed by atoms with Crippen molar-refractivity contribution in [3.8, 4) is 0 Å². The molecule has 0 aliphatic heterocycles. The molecule has 1 heteroatoms. The molecule has 1 aliphatic rings. The first-order valence-corrected chi connectivity index (χ1v) is 9.67. The number of carbonyl (C=O) groups is 1. The minimum atomic E-state index is 0.339. The summed E-state index contributed by atoms with van der Waals surface area (Å²) in [6.07, 6.45) is 8.74. The van der Waals surface area contributed by atoms with Gasteiger partial charge in [0, 0.05) is 18.8 Å². The molecule has 2 aromatic rings. The number of rotatable bonds is 8. The van der Waals surface area contributed by atoms with Crippen LogP contribution in [0.2, 0.25) is 0 Å². The van der Waals surface area contributed by atoms with Crippen molar-refractivity contribution in [3.05, 3.63) is 94.6 Å². The fourth-order valence-corrected chi connectivity index (χ4v) is 3.87. The minimum Gasteiger partial charge on any atom is -0.299 e. The second kappa shape index (κ2) is 8.80. The van der Waals surface area contributed by atoms with Crippen molar-refractivity contribution >= 4 is 5.78 Å². The van der Waals surface area contributed by atoms with Crippen LogP contribution in [0.3, 0.4) is 0 Å². The molecule has 0 spiro atoms. The Labute approximate surface area is 157 Å². The topological polar surface area (TPSA) is 17.1 Å². The fraction of sp³-hybridized carbons (Fsp3) is 0.320. The van der Waals surface area contributed by atoms with Crippen LogP contribution in [0.25, 0.3) is 0 Å². The van der Waals surface area contributed by atoms with Crippen molar-refractivity contribution in [2.24, 2.45) is 5.92 Å². The van der Waals surface area contributed by atoms with Gasteiger partial charge in [-0.05, 0) is 42.9 Å². The molecule has 2 aromatic carbocycles. The summed E-state index contributed by atoms with van der Waals surface area (Å²) < 4.78 is 0. The third-order valence-corrected chi connectivity index (χ3v) is 5.41. The summed E-state index contributed by atoms with van der Waals surface area (Å²) in [6.45, 7) is 4.33. The minimum absolute atomic E-state index is 0.339. The van der Waals surface area contributed by atoms with Crippen molar-refractivity contribution in [2.75, 3.05) is 0 Å². The Morgan fingerprint density at radius 3 is 2.35 bits per heavy atom. The van der Waals surface area contributed by atoms with Gasteiger partial charge in [0.15, 0.2) is 0 Å². The molecule has 1 nitrogen and oxygen atoms in total. The van der Waals surface area contributed by atoms with Crippen molar-refractivity contribution in [1.82, 2.24) is 0 Å². The van der Waals surface area contributed by atoms with Gasteiger partial charge in [0.1, 0.15) is 5.78 Å². The molecule has 0 fully saturated rings. The van der Waals surface area contributed by atoms with Gasteiger partial charge in [0.2, 0.25) is 0 Å². The van der Waals surface area contributed by atoms with Crippen molar-refractivity contribution in [1.29, 1.82) is 0 Å². The van der Waals surface area contributed by atoms with E-state index in [9.17, 15) is 4.79 Å². The summed E-state index contributed by atoms with van der Waals surface area (Å²) in [4.78, 5) is 12.4. The molecular formula is C25H28O. The Balaban J connectivity index is 1.54. The Morgan fingerprint density at radius 2 is 1.62 bits per heavy atom. The van der Waals surface area contributed by atoms with Gasteiger partial charge in [0.05, 0.1) is 0 Å². The van der Waals surface area contributed by atoms with E-state index in [2.05, 4.69) is 68.5 Å². The standard InChI is InChI=1S/C25H28O/c1-3-25-21(13-14-23(25)17-20-10-5-4-6-11-20)15-16-24(26)18-22-12-8-7-9-19(22)2/h4-14,25H,3,15-18H2,1-2H3. The summed E-state index contributed by atoms with van der Waals surface area (Å²) in [5, 5.41) is 0. The maximum absolute atomic E-state index is 12.4. The third-order valence-electron chi connectivity index (χ3n) is 5.41. The zero-order valence-corrected chi connectivity index (χ0v) is 15.9. The van der Waals surface area contributed by atoms with E-state index >= 15 is 0 Å². The molecule has 26 heavy (non-hydrogen) atoms. The maximum atomic E-state index is 12.4. The first-order valence-electron chi connectivity index (χ1n) is 9.67. The summed E-state index contributed by atoms with van der Waals surface area (Å²) in [5.74, 6) is 0.841. The largest absolute Gasteiger partial charge is 0.299 e. The Bertz CT molecular complexity index is 811. The van der Waals surface area contributed by atoms with Gasteiger partial charge in [0.25, 0.3) is 0 Å². The summed E-state index contributed by atoms with van der Waals surface area (Å²) in [7, 11) is 0. The molecule has 0 N–H and O–H groups in total. The molecule has 0 aromatic heterocycles. The first kappa shape index (κ1) is 18.4. The van der Waals surface area contributed by atoms with E-state index in [-0.39, 0.29) is 0 Å². The maximum Gasteiger partial charge on any atom is 0.137 e. The molecule has 1 unspecified atom stereocenters. The van der Waals surface area contributed by atoms with E-state index < -0.39 is 0 Å². The van der Waals surface area contributed by atoms with E-state index in [4.69, 9.17) is 0 Å². The predicted molar refractivity (Wildman–Crippen MR) is 109 cm³/mol. The van der Waals surface area contributed by atoms with E-state index in [1.807, 2.05) is 12.1 Å². The highest BCUT2D eigenvalue weighted by Crippen LogP contribution is 2.34. The number of hydrogen-bond donors (Lipinski definition) is 0. The first-order chi connectivity index (χ1) is 12.7. The number of ketones is 1. The predicted octanol–water partition coefficient (Wildman–Crippen LogP) is 6.02. The van der Waals surface area contributed by atoms with Crippen LogP contribution in [-0.4, -0.2) is 5.78 Å². The molecule has 1 aliphatic carbocycles. The second-order valence-corrected chi connectivity index (χ2v) is 7.25. The van der Waals surface area contributed by atoms with E-state index in [1.54, 1.807) is 0 Å². The lowest BCUT2D eigenvalue weighted by Gasteiger charge is -2.18. The Morgan fingerprint density at radius 1 is 0.923 bits per heavy atom. The molecule has 0 saturated carbocycles. The number of allylic oxidation sites excluding steroid dienone is 4. The highest BCUT2D eigenvalue weighted by molar-refractivity contribution is 5.81. The van der Waals surface area contributed by atoms with Crippen molar-refractivity contribution in [2.45, 2.75) is 46.0 Å². The van der Waals surface area contributed by atoms with Crippen molar-refractivity contribution < 1.29 is 4.79 Å². The van der Waals surface area contributed by atoms with Crippen LogP contribution in [0, 0.1) is 12.8 Å². The molecule has 0 bridgehead atoms. The smallest absolute Gasteiger partial charge is 0.137 e. The van der Waals surface area contributed by atoms with E-state index in [1.165, 1.54) is 22.3 Å². The van der Waals surface area contributed by atoms with Gasteiger partial charge in [-0.2, -0.15) is 0 Å². The average Bonchev–Trinajstić information content (AvgIpc) is 3.04. The summed E-state index contributed by atoms with van der Waals surface area (Å²) >= 11 is 0. The summed E-state index contributed by atoms with van der Waals surface area (Å²) in [6, 6.07) is 18.8. The van der Waals surface area contributed by atoms with Gasteiger partial charge < -0.3 is 0 Å². The van der Waals surface area contributed by atoms with Crippen LogP contribution >= 0.6 is 0 Å². The third kappa shape index (κ3) is 4.60. The van der Waals surface area contributed by atoms with Crippen LogP contribution < -0.4 is 0 Å². The van der Waals surface area contributed by atoms with Crippen LogP contribution in [0.1, 0.15) is 42.9 Å². The lowest BCUT2D eigenvalue weighted by atomic mass is 9.86. The molecule has 134 valence electrons. The Hall–Kier alpha value is -2.41. The SMILES string of the molecule is CCC1C(CCC(=O)Cc2ccccc2C)=CC=C1Cc1ccccc1. The second-order valence-electron chi connectivity index (χ2n) is 7.25. The number of carbonyl (C=O) groups excluding carboxylic acids is 1. The van der Waals surface area contributed by atoms with Crippen LogP contribution in [0.15, 0.2) is 77.9 Å². The van der Waals surface area contributed by atoms with Gasteiger partial charge >= 0.3 is 0 Å². The number of hydrogen-bond acceptors (Lipinski definition) is 1. The quantitative estimate of drug-likeness (QED) is 0.572. The number of Topliss-reactive ketones (excluding diaryl/α,β-unsaturated/α-hetero) is 1. The van der Waals surface area contributed by atoms with Crippen LogP contribution in [-0.2, 0) is 17.6 Å². The number of aryl methyl sites for hydroxylation is 1. The zero-order chi connectivity index (χ0) is 18.4. The molecule has 0 radical (unpaired) electrons. The molecular weight excluding hydrogens is 316 g/mol. The van der Waals surface area contributed by atoms with Crippen LogP contribution in [0.5, 0.6) is 0 Å². The van der Waals surface area contributed by atoms with Gasteiger partial charge in [-0.25, -0.2) is 0 Å². The molecule has 3 rings (SSSR count). The average molecular weight is 344 g/mol. The lowest BCUT2D eigenvalue weighted by Crippen LogP contribution is -2.09. The molecule has 0 amide bonds. The van der Waals surface area contributed by atoms with Crippen molar-refractivity contribution in [3.63, 3.8) is 0 Å². The summed E-state index contributed by atoms with van der Waals surface area (Å²) in [5.41, 5.74) is 6.64.